The number of carboxylic acids is 1. The van der Waals surface area contributed by atoms with Crippen LogP contribution < -0.4 is 5.32 Å². The first kappa shape index (κ1) is 21.4. The minimum Gasteiger partial charge on any atom is -0.478 e. The second-order valence-electron chi connectivity index (χ2n) is 8.82. The Kier molecular flexibility index (Phi) is 6.02. The molecule has 2 aliphatic rings. The SMILES string of the molecule is CC1(C)CN(C(=O)NCCCN2CCOCC2)C=C(C(=O)O)c2[nH]c3ccccc3c21. The highest BCUT2D eigenvalue weighted by Crippen LogP contribution is 2.39. The van der Waals surface area contributed by atoms with Crippen LogP contribution in [0.5, 0.6) is 0 Å². The Morgan fingerprint density at radius 2 is 1.97 bits per heavy atom. The van der Waals surface area contributed by atoms with Crippen molar-refractivity contribution in [3.63, 3.8) is 0 Å². The number of morpholine rings is 1. The van der Waals surface area contributed by atoms with Crippen LogP contribution in [-0.4, -0.2) is 77.8 Å². The average Bonchev–Trinajstić information content (AvgIpc) is 3.09. The summed E-state index contributed by atoms with van der Waals surface area (Å²) in [6.45, 7) is 9.27. The van der Waals surface area contributed by atoms with Crippen molar-refractivity contribution < 1.29 is 19.4 Å². The van der Waals surface area contributed by atoms with Crippen LogP contribution in [0.1, 0.15) is 31.5 Å². The Balaban J connectivity index is 1.51. The molecule has 0 spiro atoms. The summed E-state index contributed by atoms with van der Waals surface area (Å²) < 4.78 is 5.36. The fourth-order valence-corrected chi connectivity index (χ4v) is 4.53. The molecule has 1 aromatic heterocycles. The van der Waals surface area contributed by atoms with Gasteiger partial charge in [-0.05, 0) is 24.6 Å². The van der Waals surface area contributed by atoms with Crippen LogP contribution in [-0.2, 0) is 14.9 Å². The summed E-state index contributed by atoms with van der Waals surface area (Å²) in [5.41, 5.74) is 2.06. The molecule has 1 saturated heterocycles. The normalized spacial score (nSPS) is 18.9. The lowest BCUT2D eigenvalue weighted by Crippen LogP contribution is -2.43. The molecule has 0 saturated carbocycles. The minimum atomic E-state index is -1.06. The lowest BCUT2D eigenvalue weighted by Gasteiger charge is -2.30. The van der Waals surface area contributed by atoms with Gasteiger partial charge in [-0.3, -0.25) is 9.80 Å². The molecule has 4 rings (SSSR count). The van der Waals surface area contributed by atoms with E-state index in [9.17, 15) is 14.7 Å². The Labute approximate surface area is 181 Å². The fourth-order valence-electron chi connectivity index (χ4n) is 4.53. The zero-order chi connectivity index (χ0) is 22.0. The number of aliphatic carboxylic acids is 1. The van der Waals surface area contributed by atoms with Gasteiger partial charge < -0.3 is 20.1 Å². The molecule has 3 N–H and O–H groups in total. The number of nitrogens with one attached hydrogen (secondary N) is 2. The summed E-state index contributed by atoms with van der Waals surface area (Å²) in [4.78, 5) is 32.1. The van der Waals surface area contributed by atoms with Gasteiger partial charge in [-0.25, -0.2) is 9.59 Å². The zero-order valence-electron chi connectivity index (χ0n) is 18.1. The van der Waals surface area contributed by atoms with E-state index >= 15 is 0 Å². The lowest BCUT2D eigenvalue weighted by molar-refractivity contribution is -0.130. The molecular weight excluding hydrogens is 396 g/mol. The van der Waals surface area contributed by atoms with E-state index in [4.69, 9.17) is 4.74 Å². The predicted molar refractivity (Wildman–Crippen MR) is 119 cm³/mol. The molecule has 0 unspecified atom stereocenters. The Morgan fingerprint density at radius 1 is 1.23 bits per heavy atom. The van der Waals surface area contributed by atoms with E-state index in [0.29, 0.717) is 18.8 Å². The average molecular weight is 427 g/mol. The van der Waals surface area contributed by atoms with Crippen LogP contribution in [0.2, 0.25) is 0 Å². The number of rotatable bonds is 5. The van der Waals surface area contributed by atoms with E-state index in [1.165, 1.54) is 11.1 Å². The standard InChI is InChI=1S/C23H30N4O4/c1-23(2)15-27(22(30)24-8-5-9-26-10-12-31-13-11-26)14-17(21(28)29)20-19(23)16-6-3-4-7-18(16)25-20/h3-4,6-7,14,25H,5,8-13,15H2,1-2H3,(H,24,30)(H,28,29). The third-order valence-electron chi connectivity index (χ3n) is 6.03. The van der Waals surface area contributed by atoms with E-state index in [1.807, 2.05) is 38.1 Å². The first-order chi connectivity index (χ1) is 14.9. The summed E-state index contributed by atoms with van der Waals surface area (Å²) in [6, 6.07) is 7.53. The number of aromatic amines is 1. The number of carbonyl (C=O) groups is 2. The van der Waals surface area contributed by atoms with Crippen LogP contribution in [0.4, 0.5) is 4.79 Å². The van der Waals surface area contributed by atoms with Crippen LogP contribution in [0.25, 0.3) is 16.5 Å². The van der Waals surface area contributed by atoms with Gasteiger partial charge in [-0.1, -0.05) is 32.0 Å². The quantitative estimate of drug-likeness (QED) is 0.639. The molecule has 1 fully saturated rings. The summed E-state index contributed by atoms with van der Waals surface area (Å²) in [6.07, 6.45) is 2.30. The molecule has 2 aromatic rings. The van der Waals surface area contributed by atoms with Crippen molar-refractivity contribution in [2.45, 2.75) is 25.7 Å². The molecule has 0 aliphatic carbocycles. The highest BCUT2D eigenvalue weighted by atomic mass is 16.5. The highest BCUT2D eigenvalue weighted by Gasteiger charge is 2.36. The Hall–Kier alpha value is -2.84. The molecule has 166 valence electrons. The zero-order valence-corrected chi connectivity index (χ0v) is 18.1. The van der Waals surface area contributed by atoms with Gasteiger partial charge in [0.25, 0.3) is 0 Å². The molecule has 8 heteroatoms. The first-order valence-corrected chi connectivity index (χ1v) is 10.8. The van der Waals surface area contributed by atoms with E-state index in [-0.39, 0.29) is 11.6 Å². The number of amides is 2. The number of H-pyrrole nitrogens is 1. The van der Waals surface area contributed by atoms with Crippen molar-refractivity contribution >= 4 is 28.5 Å². The monoisotopic (exact) mass is 426 g/mol. The van der Waals surface area contributed by atoms with Gasteiger partial charge in [-0.15, -0.1) is 0 Å². The maximum Gasteiger partial charge on any atom is 0.339 e. The van der Waals surface area contributed by atoms with Crippen LogP contribution in [0.15, 0.2) is 30.5 Å². The maximum absolute atomic E-state index is 12.9. The molecule has 31 heavy (non-hydrogen) atoms. The Morgan fingerprint density at radius 3 is 2.71 bits per heavy atom. The minimum absolute atomic E-state index is 0.0974. The molecule has 8 nitrogen and oxygen atoms in total. The molecule has 0 bridgehead atoms. The lowest BCUT2D eigenvalue weighted by atomic mass is 9.82. The van der Waals surface area contributed by atoms with Crippen molar-refractivity contribution in [2.24, 2.45) is 0 Å². The van der Waals surface area contributed by atoms with Gasteiger partial charge in [0.2, 0.25) is 0 Å². The number of urea groups is 1. The maximum atomic E-state index is 12.9. The third-order valence-corrected chi connectivity index (χ3v) is 6.03. The van der Waals surface area contributed by atoms with Gasteiger partial charge in [0.1, 0.15) is 0 Å². The van der Waals surface area contributed by atoms with Crippen molar-refractivity contribution in [1.29, 1.82) is 0 Å². The largest absolute Gasteiger partial charge is 0.478 e. The van der Waals surface area contributed by atoms with E-state index in [1.54, 1.807) is 0 Å². The van der Waals surface area contributed by atoms with E-state index in [0.717, 1.165) is 55.7 Å². The molecule has 0 radical (unpaired) electrons. The molecule has 3 heterocycles. The second kappa shape index (κ2) is 8.72. The van der Waals surface area contributed by atoms with Gasteiger partial charge >= 0.3 is 12.0 Å². The van der Waals surface area contributed by atoms with Gasteiger partial charge in [0.15, 0.2) is 0 Å². The van der Waals surface area contributed by atoms with Crippen molar-refractivity contribution in [3.8, 4) is 0 Å². The molecule has 1 aromatic carbocycles. The number of para-hydroxylation sites is 1. The number of nitrogens with zero attached hydrogens (tertiary/aromatic N) is 2. The van der Waals surface area contributed by atoms with Gasteiger partial charge in [0, 0.05) is 48.7 Å². The fraction of sp³-hybridized carbons (Fsp3) is 0.478. The van der Waals surface area contributed by atoms with Gasteiger partial charge in [-0.2, -0.15) is 0 Å². The predicted octanol–water partition coefficient (Wildman–Crippen LogP) is 2.62. The van der Waals surface area contributed by atoms with E-state index < -0.39 is 11.4 Å². The number of hydrogen-bond donors (Lipinski definition) is 3. The summed E-state index contributed by atoms with van der Waals surface area (Å²) in [5, 5.41) is 13.8. The molecule has 2 aliphatic heterocycles. The van der Waals surface area contributed by atoms with Crippen LogP contribution in [0.3, 0.4) is 0 Å². The highest BCUT2D eigenvalue weighted by molar-refractivity contribution is 6.17. The second-order valence-corrected chi connectivity index (χ2v) is 8.82. The number of hydrogen-bond acceptors (Lipinski definition) is 4. The summed E-state index contributed by atoms with van der Waals surface area (Å²) in [7, 11) is 0. The van der Waals surface area contributed by atoms with Crippen LogP contribution in [0, 0.1) is 0 Å². The number of ether oxygens (including phenoxy) is 1. The number of carboxylic acid groups (broad SMARTS) is 1. The van der Waals surface area contributed by atoms with Crippen molar-refractivity contribution in [1.82, 2.24) is 20.1 Å². The number of aromatic nitrogens is 1. The van der Waals surface area contributed by atoms with Crippen molar-refractivity contribution in [2.75, 3.05) is 45.9 Å². The summed E-state index contributed by atoms with van der Waals surface area (Å²) in [5.74, 6) is -1.06. The topological polar surface area (TPSA) is 97.9 Å². The molecular formula is C23H30N4O4. The Bertz CT molecular complexity index is 1000. The molecule has 0 atom stereocenters. The third kappa shape index (κ3) is 4.45. The number of benzene rings is 1. The van der Waals surface area contributed by atoms with E-state index in [2.05, 4.69) is 15.2 Å². The van der Waals surface area contributed by atoms with Crippen LogP contribution >= 0.6 is 0 Å². The number of carbonyl (C=O) groups excluding carboxylic acids is 1. The smallest absolute Gasteiger partial charge is 0.339 e. The first-order valence-electron chi connectivity index (χ1n) is 10.8. The van der Waals surface area contributed by atoms with Crippen molar-refractivity contribution in [3.05, 3.63) is 41.7 Å². The number of fused-ring (bicyclic) bond motifs is 3. The van der Waals surface area contributed by atoms with Gasteiger partial charge in [0.05, 0.1) is 24.5 Å². The summed E-state index contributed by atoms with van der Waals surface area (Å²) >= 11 is 0. The molecule has 2 amide bonds.